The van der Waals surface area contributed by atoms with Gasteiger partial charge in [0.05, 0.1) is 11.9 Å². The van der Waals surface area contributed by atoms with E-state index in [1.807, 2.05) is 24.3 Å². The number of hydrogen-bond donors (Lipinski definition) is 1. The molecule has 102 valence electrons. The van der Waals surface area contributed by atoms with E-state index in [0.717, 1.165) is 29.1 Å². The van der Waals surface area contributed by atoms with Crippen molar-refractivity contribution >= 4 is 11.8 Å². The lowest BCUT2D eigenvalue weighted by Gasteiger charge is -2.06. The molecule has 1 aromatic carbocycles. The molecule has 0 aliphatic rings. The zero-order chi connectivity index (χ0) is 13.7. The van der Waals surface area contributed by atoms with Crippen molar-refractivity contribution in [2.45, 2.75) is 43.4 Å². The Bertz CT molecular complexity index is 526. The molecule has 1 aromatic heterocycles. The second kappa shape index (κ2) is 6.73. The van der Waals surface area contributed by atoms with Crippen LogP contribution in [0.15, 0.2) is 33.7 Å². The first-order valence-electron chi connectivity index (χ1n) is 6.41. The molecule has 2 rings (SSSR count). The summed E-state index contributed by atoms with van der Waals surface area (Å²) in [6.07, 6.45) is 1.42. The van der Waals surface area contributed by atoms with E-state index in [9.17, 15) is 5.11 Å². The lowest BCUT2D eigenvalue weighted by Crippen LogP contribution is -1.90. The van der Waals surface area contributed by atoms with E-state index in [4.69, 9.17) is 4.52 Å². The highest BCUT2D eigenvalue weighted by atomic mass is 32.2. The van der Waals surface area contributed by atoms with Crippen molar-refractivity contribution < 1.29 is 9.63 Å². The van der Waals surface area contributed by atoms with E-state index < -0.39 is 6.10 Å². The van der Waals surface area contributed by atoms with Crippen LogP contribution in [-0.2, 0) is 12.2 Å². The number of aryl methyl sites for hydroxylation is 1. The number of aromatic nitrogens is 2. The third-order valence-electron chi connectivity index (χ3n) is 2.69. The van der Waals surface area contributed by atoms with E-state index in [2.05, 4.69) is 17.1 Å². The summed E-state index contributed by atoms with van der Waals surface area (Å²) in [5, 5.41) is 13.5. The highest BCUT2D eigenvalue weighted by Gasteiger charge is 2.07. The first-order chi connectivity index (χ1) is 9.19. The molecule has 4 nitrogen and oxygen atoms in total. The van der Waals surface area contributed by atoms with E-state index >= 15 is 0 Å². The largest absolute Gasteiger partial charge is 0.389 e. The molecule has 1 N–H and O–H groups in total. The average Bonchev–Trinajstić information content (AvgIpc) is 2.85. The maximum atomic E-state index is 9.55. The highest BCUT2D eigenvalue weighted by Crippen LogP contribution is 2.25. The van der Waals surface area contributed by atoms with Crippen molar-refractivity contribution in [2.24, 2.45) is 0 Å². The number of aliphatic hydroxyl groups excluding tert-OH is 1. The summed E-state index contributed by atoms with van der Waals surface area (Å²) in [6.45, 7) is 3.85. The summed E-state index contributed by atoms with van der Waals surface area (Å²) in [7, 11) is 0. The first kappa shape index (κ1) is 14.1. The molecule has 2 aromatic rings. The third kappa shape index (κ3) is 4.08. The monoisotopic (exact) mass is 278 g/mol. The second-order valence-electron chi connectivity index (χ2n) is 4.39. The molecule has 0 saturated carbocycles. The Balaban J connectivity index is 1.95. The van der Waals surface area contributed by atoms with Gasteiger partial charge in [0, 0.05) is 11.3 Å². The molecule has 1 unspecified atom stereocenters. The maximum absolute atomic E-state index is 9.55. The van der Waals surface area contributed by atoms with Crippen LogP contribution < -0.4 is 0 Å². The topological polar surface area (TPSA) is 59.2 Å². The Morgan fingerprint density at radius 1 is 1.42 bits per heavy atom. The van der Waals surface area contributed by atoms with Gasteiger partial charge in [0.2, 0.25) is 5.89 Å². The van der Waals surface area contributed by atoms with Crippen LogP contribution in [0.25, 0.3) is 0 Å². The summed E-state index contributed by atoms with van der Waals surface area (Å²) in [4.78, 5) is 5.42. The molecule has 0 bridgehead atoms. The average molecular weight is 278 g/mol. The molecule has 0 radical (unpaired) electrons. The van der Waals surface area contributed by atoms with Gasteiger partial charge in [-0.25, -0.2) is 0 Å². The number of rotatable bonds is 6. The normalized spacial score (nSPS) is 12.6. The van der Waals surface area contributed by atoms with Gasteiger partial charge in [-0.15, -0.1) is 11.8 Å². The molecular formula is C14H18N2O2S. The molecule has 0 aliphatic carbocycles. The summed E-state index contributed by atoms with van der Waals surface area (Å²) in [5.74, 6) is 2.08. The van der Waals surface area contributed by atoms with Crippen molar-refractivity contribution in [3.05, 3.63) is 41.5 Å². The van der Waals surface area contributed by atoms with Crippen LogP contribution in [0.5, 0.6) is 0 Å². The van der Waals surface area contributed by atoms with Crippen molar-refractivity contribution in [1.29, 1.82) is 0 Å². The fourth-order valence-electron chi connectivity index (χ4n) is 1.68. The van der Waals surface area contributed by atoms with Crippen LogP contribution in [0.3, 0.4) is 0 Å². The summed E-state index contributed by atoms with van der Waals surface area (Å²) in [5.41, 5.74) is 0.919. The predicted molar refractivity (Wildman–Crippen MR) is 74.9 cm³/mol. The zero-order valence-corrected chi connectivity index (χ0v) is 12.0. The van der Waals surface area contributed by atoms with Crippen LogP contribution in [0, 0.1) is 0 Å². The van der Waals surface area contributed by atoms with Gasteiger partial charge in [-0.3, -0.25) is 0 Å². The maximum Gasteiger partial charge on any atom is 0.237 e. The quantitative estimate of drug-likeness (QED) is 0.821. The van der Waals surface area contributed by atoms with Gasteiger partial charge in [0.25, 0.3) is 0 Å². The van der Waals surface area contributed by atoms with Gasteiger partial charge >= 0.3 is 0 Å². The van der Waals surface area contributed by atoms with Gasteiger partial charge in [-0.1, -0.05) is 24.2 Å². The van der Waals surface area contributed by atoms with Crippen LogP contribution in [0.1, 0.15) is 43.7 Å². The molecule has 1 heterocycles. The first-order valence-corrected chi connectivity index (χ1v) is 7.40. The predicted octanol–water partition coefficient (Wildman–Crippen LogP) is 3.37. The lowest BCUT2D eigenvalue weighted by molar-refractivity contribution is 0.199. The Hall–Kier alpha value is -1.33. The van der Waals surface area contributed by atoms with Gasteiger partial charge in [0.15, 0.2) is 5.82 Å². The smallest absolute Gasteiger partial charge is 0.237 e. The fourth-order valence-corrected chi connectivity index (χ4v) is 2.48. The highest BCUT2D eigenvalue weighted by molar-refractivity contribution is 7.98. The van der Waals surface area contributed by atoms with E-state index in [1.54, 1.807) is 18.7 Å². The Morgan fingerprint density at radius 2 is 2.26 bits per heavy atom. The Labute approximate surface area is 117 Å². The van der Waals surface area contributed by atoms with Gasteiger partial charge in [-0.2, -0.15) is 4.98 Å². The molecule has 0 saturated heterocycles. The number of hydrogen-bond acceptors (Lipinski definition) is 5. The van der Waals surface area contributed by atoms with Crippen LogP contribution >= 0.6 is 11.8 Å². The van der Waals surface area contributed by atoms with Crippen molar-refractivity contribution in [3.8, 4) is 0 Å². The molecule has 5 heteroatoms. The van der Waals surface area contributed by atoms with Crippen molar-refractivity contribution in [1.82, 2.24) is 10.1 Å². The minimum atomic E-state index is -0.444. The Kier molecular flexibility index (Phi) is 4.99. The Morgan fingerprint density at radius 3 is 3.00 bits per heavy atom. The summed E-state index contributed by atoms with van der Waals surface area (Å²) < 4.78 is 5.19. The molecule has 0 spiro atoms. The minimum absolute atomic E-state index is 0.444. The summed E-state index contributed by atoms with van der Waals surface area (Å²) in [6, 6.07) is 7.86. The van der Waals surface area contributed by atoms with E-state index in [1.165, 1.54) is 0 Å². The molecule has 0 fully saturated rings. The minimum Gasteiger partial charge on any atom is -0.389 e. The third-order valence-corrected chi connectivity index (χ3v) is 3.67. The number of aliphatic hydroxyl groups is 1. The van der Waals surface area contributed by atoms with Crippen molar-refractivity contribution in [3.63, 3.8) is 0 Å². The van der Waals surface area contributed by atoms with Crippen LogP contribution in [0.4, 0.5) is 0 Å². The van der Waals surface area contributed by atoms with Gasteiger partial charge in [0.1, 0.15) is 0 Å². The lowest BCUT2D eigenvalue weighted by atomic mass is 10.1. The number of nitrogens with zero attached hydrogens (tertiary/aromatic N) is 2. The number of benzene rings is 1. The summed E-state index contributed by atoms with van der Waals surface area (Å²) >= 11 is 1.63. The second-order valence-corrected chi connectivity index (χ2v) is 5.44. The number of thioether (sulfide) groups is 1. The zero-order valence-electron chi connectivity index (χ0n) is 11.2. The van der Waals surface area contributed by atoms with Crippen LogP contribution in [0.2, 0.25) is 0 Å². The van der Waals surface area contributed by atoms with Gasteiger partial charge in [-0.05, 0) is 31.0 Å². The molecule has 0 aliphatic heterocycles. The van der Waals surface area contributed by atoms with Gasteiger partial charge < -0.3 is 9.63 Å². The van der Waals surface area contributed by atoms with E-state index in [0.29, 0.717) is 11.6 Å². The van der Waals surface area contributed by atoms with E-state index in [-0.39, 0.29) is 0 Å². The standard InChI is InChI=1S/C14H18N2O2S/c1-3-5-13-15-14(18-16-13)9-19-12-7-4-6-11(8-12)10(2)17/h4,6-8,10,17H,3,5,9H2,1-2H3. The van der Waals surface area contributed by atoms with Crippen molar-refractivity contribution in [2.75, 3.05) is 0 Å². The molecule has 19 heavy (non-hydrogen) atoms. The fraction of sp³-hybridized carbons (Fsp3) is 0.429. The van der Waals surface area contributed by atoms with Crippen LogP contribution in [-0.4, -0.2) is 15.2 Å². The molecule has 1 atom stereocenters. The SMILES string of the molecule is CCCc1noc(CSc2cccc(C(C)O)c2)n1. The molecule has 0 amide bonds. The molecular weight excluding hydrogens is 260 g/mol.